The highest BCUT2D eigenvalue weighted by Gasteiger charge is 2.16. The first-order chi connectivity index (χ1) is 7.81. The van der Waals surface area contributed by atoms with Gasteiger partial charge in [-0.2, -0.15) is 5.26 Å². The zero-order valence-electron chi connectivity index (χ0n) is 8.87. The third-order valence-electron chi connectivity index (χ3n) is 2.62. The number of nitrogens with one attached hydrogen (secondary N) is 1. The third-order valence-corrected chi connectivity index (χ3v) is 2.62. The van der Waals surface area contributed by atoms with Gasteiger partial charge in [-0.05, 0) is 37.9 Å². The van der Waals surface area contributed by atoms with Gasteiger partial charge >= 0.3 is 0 Å². The number of halogens is 1. The van der Waals surface area contributed by atoms with Crippen LogP contribution in [0.25, 0.3) is 0 Å². The number of hydrogen-bond donors (Lipinski definition) is 1. The van der Waals surface area contributed by atoms with Crippen molar-refractivity contribution in [3.05, 3.63) is 29.6 Å². The van der Waals surface area contributed by atoms with E-state index in [4.69, 9.17) is 10.00 Å². The Balaban J connectivity index is 2.14. The van der Waals surface area contributed by atoms with Crippen molar-refractivity contribution in [3.8, 4) is 11.8 Å². The summed E-state index contributed by atoms with van der Waals surface area (Å²) in [4.78, 5) is 0. The van der Waals surface area contributed by atoms with Crippen molar-refractivity contribution in [1.29, 1.82) is 5.26 Å². The minimum Gasteiger partial charge on any atom is -0.474 e. The molecule has 1 saturated heterocycles. The second-order valence-electron chi connectivity index (χ2n) is 3.78. The summed E-state index contributed by atoms with van der Waals surface area (Å²) in [5.41, 5.74) is -0.0186. The molecule has 3 nitrogen and oxygen atoms in total. The lowest BCUT2D eigenvalue weighted by atomic mass is 10.1. The molecule has 16 heavy (non-hydrogen) atoms. The molecule has 4 heteroatoms. The van der Waals surface area contributed by atoms with Gasteiger partial charge < -0.3 is 4.74 Å². The van der Waals surface area contributed by atoms with E-state index in [9.17, 15) is 4.39 Å². The van der Waals surface area contributed by atoms with E-state index in [0.717, 1.165) is 25.8 Å². The molecule has 2 rings (SSSR count). The fourth-order valence-corrected chi connectivity index (χ4v) is 1.78. The maximum atomic E-state index is 13.3. The SMILES string of the molecule is N#Cc1c(F)cccc1OC1CCCCN1. The monoisotopic (exact) mass is 220 g/mol. The summed E-state index contributed by atoms with van der Waals surface area (Å²) in [5.74, 6) is -0.210. The molecule has 1 aliphatic rings. The van der Waals surface area contributed by atoms with Crippen LogP contribution in [0.3, 0.4) is 0 Å². The lowest BCUT2D eigenvalue weighted by Gasteiger charge is -2.24. The number of ether oxygens (including phenoxy) is 1. The van der Waals surface area contributed by atoms with Crippen molar-refractivity contribution in [2.24, 2.45) is 0 Å². The van der Waals surface area contributed by atoms with Gasteiger partial charge in [0.1, 0.15) is 29.4 Å². The maximum absolute atomic E-state index is 13.3. The summed E-state index contributed by atoms with van der Waals surface area (Å²) in [6.07, 6.45) is 3.01. The molecule has 84 valence electrons. The Hall–Kier alpha value is -1.60. The molecule has 0 saturated carbocycles. The molecular weight excluding hydrogens is 207 g/mol. The molecule has 0 radical (unpaired) electrons. The van der Waals surface area contributed by atoms with E-state index in [1.54, 1.807) is 12.1 Å². The van der Waals surface area contributed by atoms with Crippen LogP contribution in [0.2, 0.25) is 0 Å². The summed E-state index contributed by atoms with van der Waals surface area (Å²) in [6, 6.07) is 6.26. The standard InChI is InChI=1S/C12H13FN2O/c13-10-4-3-5-11(9(10)8-14)16-12-6-1-2-7-15-12/h3-5,12,15H,1-2,6-7H2. The van der Waals surface area contributed by atoms with Crippen molar-refractivity contribution in [3.63, 3.8) is 0 Å². The highest BCUT2D eigenvalue weighted by atomic mass is 19.1. The predicted octanol–water partition coefficient (Wildman–Crippen LogP) is 2.18. The Kier molecular flexibility index (Phi) is 3.37. The van der Waals surface area contributed by atoms with Crippen LogP contribution in [0.4, 0.5) is 4.39 Å². The van der Waals surface area contributed by atoms with Crippen LogP contribution < -0.4 is 10.1 Å². The average molecular weight is 220 g/mol. The number of hydrogen-bond acceptors (Lipinski definition) is 3. The number of benzene rings is 1. The van der Waals surface area contributed by atoms with Gasteiger partial charge in [0.15, 0.2) is 0 Å². The van der Waals surface area contributed by atoms with Gasteiger partial charge in [0, 0.05) is 0 Å². The number of rotatable bonds is 2. The first-order valence-electron chi connectivity index (χ1n) is 5.40. The number of piperidine rings is 1. The Bertz CT molecular complexity index is 408. The topological polar surface area (TPSA) is 45.0 Å². The number of nitrogens with zero attached hydrogens (tertiary/aromatic N) is 1. The fourth-order valence-electron chi connectivity index (χ4n) is 1.78. The minimum absolute atomic E-state index is 0.0186. The Morgan fingerprint density at radius 2 is 2.31 bits per heavy atom. The van der Waals surface area contributed by atoms with E-state index >= 15 is 0 Å². The van der Waals surface area contributed by atoms with Crippen LogP contribution in [0.1, 0.15) is 24.8 Å². The van der Waals surface area contributed by atoms with Crippen molar-refractivity contribution in [2.45, 2.75) is 25.5 Å². The first kappa shape index (κ1) is 10.9. The fraction of sp³-hybridized carbons (Fsp3) is 0.417. The van der Waals surface area contributed by atoms with Crippen LogP contribution >= 0.6 is 0 Å². The van der Waals surface area contributed by atoms with Crippen LogP contribution in [-0.2, 0) is 0 Å². The summed E-state index contributed by atoms with van der Waals surface area (Å²) in [7, 11) is 0. The van der Waals surface area contributed by atoms with Crippen LogP contribution in [0.5, 0.6) is 5.75 Å². The molecule has 1 aliphatic heterocycles. The lowest BCUT2D eigenvalue weighted by molar-refractivity contribution is 0.131. The second-order valence-corrected chi connectivity index (χ2v) is 3.78. The molecule has 1 atom stereocenters. The van der Waals surface area contributed by atoms with E-state index in [0.29, 0.717) is 5.75 Å². The Morgan fingerprint density at radius 1 is 1.44 bits per heavy atom. The molecule has 1 fully saturated rings. The van der Waals surface area contributed by atoms with Crippen molar-refractivity contribution < 1.29 is 9.13 Å². The predicted molar refractivity (Wildman–Crippen MR) is 57.4 cm³/mol. The average Bonchev–Trinajstić information content (AvgIpc) is 2.31. The van der Waals surface area contributed by atoms with Gasteiger partial charge in [0.05, 0.1) is 0 Å². The molecule has 0 amide bonds. The first-order valence-corrected chi connectivity index (χ1v) is 5.40. The lowest BCUT2D eigenvalue weighted by Crippen LogP contribution is -2.38. The summed E-state index contributed by atoms with van der Waals surface area (Å²) in [6.45, 7) is 0.905. The minimum atomic E-state index is -0.532. The maximum Gasteiger partial charge on any atom is 0.150 e. The zero-order chi connectivity index (χ0) is 11.4. The summed E-state index contributed by atoms with van der Waals surface area (Å²) >= 11 is 0. The molecule has 0 bridgehead atoms. The van der Waals surface area contributed by atoms with E-state index in [1.165, 1.54) is 6.07 Å². The van der Waals surface area contributed by atoms with E-state index in [-0.39, 0.29) is 11.8 Å². The van der Waals surface area contributed by atoms with E-state index in [1.807, 2.05) is 6.07 Å². The van der Waals surface area contributed by atoms with E-state index in [2.05, 4.69) is 5.32 Å². The second kappa shape index (κ2) is 4.95. The van der Waals surface area contributed by atoms with Crippen molar-refractivity contribution in [1.82, 2.24) is 5.32 Å². The highest BCUT2D eigenvalue weighted by molar-refractivity contribution is 5.43. The smallest absolute Gasteiger partial charge is 0.150 e. The third kappa shape index (κ3) is 2.31. The van der Waals surface area contributed by atoms with Gasteiger partial charge in [0.2, 0.25) is 0 Å². The Labute approximate surface area is 93.8 Å². The van der Waals surface area contributed by atoms with Gasteiger partial charge in [-0.3, -0.25) is 5.32 Å². The molecule has 0 spiro atoms. The van der Waals surface area contributed by atoms with Crippen LogP contribution in [-0.4, -0.2) is 12.8 Å². The molecule has 1 unspecified atom stereocenters. The molecule has 0 aliphatic carbocycles. The quantitative estimate of drug-likeness (QED) is 0.830. The zero-order valence-corrected chi connectivity index (χ0v) is 8.87. The largest absolute Gasteiger partial charge is 0.474 e. The van der Waals surface area contributed by atoms with Gasteiger partial charge in [-0.25, -0.2) is 4.39 Å². The van der Waals surface area contributed by atoms with Gasteiger partial charge in [0.25, 0.3) is 0 Å². The van der Waals surface area contributed by atoms with Crippen molar-refractivity contribution in [2.75, 3.05) is 6.54 Å². The van der Waals surface area contributed by atoms with Crippen molar-refractivity contribution >= 4 is 0 Å². The summed E-state index contributed by atoms with van der Waals surface area (Å²) < 4.78 is 18.9. The summed E-state index contributed by atoms with van der Waals surface area (Å²) in [5, 5.41) is 12.0. The Morgan fingerprint density at radius 3 is 3.00 bits per heavy atom. The van der Waals surface area contributed by atoms with E-state index < -0.39 is 5.82 Å². The highest BCUT2D eigenvalue weighted by Crippen LogP contribution is 2.22. The molecule has 1 N–H and O–H groups in total. The normalized spacial score (nSPS) is 20.1. The van der Waals surface area contributed by atoms with Gasteiger partial charge in [-0.15, -0.1) is 0 Å². The molecule has 1 aromatic rings. The van der Waals surface area contributed by atoms with Gasteiger partial charge in [-0.1, -0.05) is 6.07 Å². The molecule has 1 heterocycles. The number of nitriles is 1. The van der Waals surface area contributed by atoms with Crippen LogP contribution in [0, 0.1) is 17.1 Å². The molecule has 0 aromatic heterocycles. The van der Waals surface area contributed by atoms with Crippen LogP contribution in [0.15, 0.2) is 18.2 Å². The molecular formula is C12H13FN2O. The molecule has 1 aromatic carbocycles.